The number of nitriles is 1. The number of hydrogen-bond donors (Lipinski definition) is 0. The fraction of sp³-hybridized carbons (Fsp3) is 0.870. The molecular formula is C23H39N. The third-order valence-electron chi connectivity index (χ3n) is 6.58. The monoisotopic (exact) mass is 329 g/mol. The molecule has 0 atom stereocenters. The molecule has 0 N–H and O–H groups in total. The van der Waals surface area contributed by atoms with Gasteiger partial charge >= 0.3 is 0 Å². The van der Waals surface area contributed by atoms with E-state index in [0.29, 0.717) is 5.92 Å². The first-order chi connectivity index (χ1) is 11.8. The second-order valence-corrected chi connectivity index (χ2v) is 8.50. The Morgan fingerprint density at radius 3 is 1.79 bits per heavy atom. The third-order valence-corrected chi connectivity index (χ3v) is 6.58. The molecule has 0 aromatic rings. The van der Waals surface area contributed by atoms with Gasteiger partial charge in [-0.15, -0.1) is 0 Å². The van der Waals surface area contributed by atoms with E-state index in [9.17, 15) is 0 Å². The van der Waals surface area contributed by atoms with Crippen LogP contribution in [0.4, 0.5) is 0 Å². The highest BCUT2D eigenvalue weighted by Gasteiger charge is 2.24. The highest BCUT2D eigenvalue weighted by atomic mass is 14.3. The molecule has 2 saturated carbocycles. The lowest BCUT2D eigenvalue weighted by molar-refractivity contribution is 0.221. The van der Waals surface area contributed by atoms with E-state index >= 15 is 0 Å². The molecule has 0 unspecified atom stereocenters. The van der Waals surface area contributed by atoms with E-state index < -0.39 is 0 Å². The zero-order valence-electron chi connectivity index (χ0n) is 16.0. The fourth-order valence-electron chi connectivity index (χ4n) is 4.79. The number of hydrogen-bond acceptors (Lipinski definition) is 1. The van der Waals surface area contributed by atoms with E-state index in [1.807, 2.05) is 0 Å². The second-order valence-electron chi connectivity index (χ2n) is 8.50. The number of nitrogens with zero attached hydrogens (tertiary/aromatic N) is 1. The maximum atomic E-state index is 9.00. The molecule has 0 aromatic carbocycles. The average Bonchev–Trinajstić information content (AvgIpc) is 2.64. The Morgan fingerprint density at radius 2 is 1.25 bits per heavy atom. The minimum absolute atomic E-state index is 0.369. The summed E-state index contributed by atoms with van der Waals surface area (Å²) in [4.78, 5) is 0. The van der Waals surface area contributed by atoms with Crippen molar-refractivity contribution in [2.75, 3.05) is 0 Å². The molecule has 24 heavy (non-hydrogen) atoms. The topological polar surface area (TPSA) is 23.8 Å². The normalized spacial score (nSPS) is 31.2. The van der Waals surface area contributed by atoms with Gasteiger partial charge in [0.1, 0.15) is 0 Å². The van der Waals surface area contributed by atoms with Crippen LogP contribution in [-0.2, 0) is 0 Å². The van der Waals surface area contributed by atoms with Crippen molar-refractivity contribution >= 4 is 0 Å². The Labute approximate surface area is 150 Å². The Kier molecular flexibility index (Phi) is 9.55. The van der Waals surface area contributed by atoms with Crippen LogP contribution >= 0.6 is 0 Å². The van der Waals surface area contributed by atoms with Crippen LogP contribution in [0.1, 0.15) is 103 Å². The largest absolute Gasteiger partial charge is 0.198 e. The van der Waals surface area contributed by atoms with Gasteiger partial charge in [-0.05, 0) is 62.7 Å². The van der Waals surface area contributed by atoms with Gasteiger partial charge in [-0.2, -0.15) is 5.26 Å². The van der Waals surface area contributed by atoms with Gasteiger partial charge in [-0.1, -0.05) is 70.4 Å². The van der Waals surface area contributed by atoms with Crippen LogP contribution in [0.3, 0.4) is 0 Å². The molecule has 0 amide bonds. The van der Waals surface area contributed by atoms with Crippen molar-refractivity contribution in [1.29, 1.82) is 5.26 Å². The van der Waals surface area contributed by atoms with E-state index in [4.69, 9.17) is 5.26 Å². The summed E-state index contributed by atoms with van der Waals surface area (Å²) in [7, 11) is 0. The van der Waals surface area contributed by atoms with Crippen LogP contribution < -0.4 is 0 Å². The number of allylic oxidation sites excluding steroid dienone is 2. The van der Waals surface area contributed by atoms with E-state index in [1.165, 1.54) is 96.3 Å². The van der Waals surface area contributed by atoms with E-state index in [2.05, 4.69) is 25.1 Å². The first kappa shape index (κ1) is 19.6. The smallest absolute Gasteiger partial charge is 0.0655 e. The highest BCUT2D eigenvalue weighted by molar-refractivity contribution is 4.87. The zero-order valence-corrected chi connectivity index (χ0v) is 16.0. The van der Waals surface area contributed by atoms with Gasteiger partial charge in [0, 0.05) is 5.92 Å². The molecule has 0 radical (unpaired) electrons. The number of rotatable bonds is 9. The average molecular weight is 330 g/mol. The lowest BCUT2D eigenvalue weighted by Crippen LogP contribution is -2.17. The van der Waals surface area contributed by atoms with Crippen LogP contribution in [0, 0.1) is 35.0 Å². The first-order valence-electron chi connectivity index (χ1n) is 10.9. The molecule has 0 spiro atoms. The zero-order chi connectivity index (χ0) is 17.0. The molecule has 2 rings (SSSR count). The molecule has 0 bridgehead atoms. The van der Waals surface area contributed by atoms with Crippen molar-refractivity contribution in [1.82, 2.24) is 0 Å². The molecule has 136 valence electrons. The van der Waals surface area contributed by atoms with Crippen molar-refractivity contribution in [2.24, 2.45) is 23.7 Å². The van der Waals surface area contributed by atoms with Crippen LogP contribution in [0.15, 0.2) is 12.2 Å². The minimum Gasteiger partial charge on any atom is -0.198 e. The maximum absolute atomic E-state index is 9.00. The van der Waals surface area contributed by atoms with Crippen molar-refractivity contribution in [3.8, 4) is 6.07 Å². The summed E-state index contributed by atoms with van der Waals surface area (Å²) in [6, 6.07) is 2.46. The summed E-state index contributed by atoms with van der Waals surface area (Å²) in [5.41, 5.74) is 0. The lowest BCUT2D eigenvalue weighted by Gasteiger charge is -2.31. The van der Waals surface area contributed by atoms with E-state index in [0.717, 1.165) is 17.8 Å². The SMILES string of the molecule is CCC/C=C\CCC[C@H]1CC[C@H](CCC2CCC(C#N)CC2)CC1. The third kappa shape index (κ3) is 7.42. The summed E-state index contributed by atoms with van der Waals surface area (Å²) in [5, 5.41) is 9.00. The first-order valence-corrected chi connectivity index (χ1v) is 10.9. The Morgan fingerprint density at radius 1 is 0.750 bits per heavy atom. The molecule has 0 aromatic heterocycles. The molecule has 1 nitrogen and oxygen atoms in total. The van der Waals surface area contributed by atoms with Gasteiger partial charge in [-0.25, -0.2) is 0 Å². The maximum Gasteiger partial charge on any atom is 0.0655 e. The van der Waals surface area contributed by atoms with Crippen molar-refractivity contribution in [2.45, 2.75) is 103 Å². The molecule has 1 heteroatoms. The van der Waals surface area contributed by atoms with Gasteiger partial charge in [0.25, 0.3) is 0 Å². The molecule has 2 fully saturated rings. The lowest BCUT2D eigenvalue weighted by atomic mass is 9.75. The Balaban J connectivity index is 1.50. The summed E-state index contributed by atoms with van der Waals surface area (Å²) in [5.74, 6) is 3.34. The molecular weight excluding hydrogens is 290 g/mol. The molecule has 0 heterocycles. The van der Waals surface area contributed by atoms with E-state index in [1.54, 1.807) is 0 Å². The fourth-order valence-corrected chi connectivity index (χ4v) is 4.79. The summed E-state index contributed by atoms with van der Waals surface area (Å²) in [6.07, 6.45) is 25.3. The quantitative estimate of drug-likeness (QED) is 0.319. The summed E-state index contributed by atoms with van der Waals surface area (Å²) in [6.45, 7) is 2.25. The molecule has 0 saturated heterocycles. The Hall–Kier alpha value is -0.770. The van der Waals surface area contributed by atoms with Crippen molar-refractivity contribution in [3.05, 3.63) is 12.2 Å². The molecule has 2 aliphatic rings. The van der Waals surface area contributed by atoms with Crippen LogP contribution in [0.5, 0.6) is 0 Å². The molecule has 0 aliphatic heterocycles. The van der Waals surface area contributed by atoms with Crippen molar-refractivity contribution < 1.29 is 0 Å². The predicted molar refractivity (Wildman–Crippen MR) is 104 cm³/mol. The summed E-state index contributed by atoms with van der Waals surface area (Å²) >= 11 is 0. The van der Waals surface area contributed by atoms with Gasteiger partial charge < -0.3 is 0 Å². The van der Waals surface area contributed by atoms with Crippen LogP contribution in [-0.4, -0.2) is 0 Å². The molecule has 2 aliphatic carbocycles. The summed E-state index contributed by atoms with van der Waals surface area (Å²) < 4.78 is 0. The minimum atomic E-state index is 0.369. The van der Waals surface area contributed by atoms with Gasteiger partial charge in [0.15, 0.2) is 0 Å². The van der Waals surface area contributed by atoms with Crippen LogP contribution in [0.2, 0.25) is 0 Å². The predicted octanol–water partition coefficient (Wildman–Crippen LogP) is 7.43. The van der Waals surface area contributed by atoms with Gasteiger partial charge in [0.2, 0.25) is 0 Å². The second kappa shape index (κ2) is 11.7. The van der Waals surface area contributed by atoms with Gasteiger partial charge in [0.05, 0.1) is 6.07 Å². The van der Waals surface area contributed by atoms with Crippen molar-refractivity contribution in [3.63, 3.8) is 0 Å². The van der Waals surface area contributed by atoms with Gasteiger partial charge in [-0.3, -0.25) is 0 Å². The van der Waals surface area contributed by atoms with Crippen LogP contribution in [0.25, 0.3) is 0 Å². The Bertz CT molecular complexity index is 375. The van der Waals surface area contributed by atoms with E-state index in [-0.39, 0.29) is 0 Å². The standard InChI is InChI=1S/C23H39N/c1-2-3-4-5-6-7-8-20-9-11-21(12-10-20)13-14-22-15-17-23(19-24)18-16-22/h4-5,20-23H,2-3,6-18H2,1H3/b5-4-/t20-,21-,22?,23?. The number of unbranched alkanes of at least 4 members (excludes halogenated alkanes) is 2. The highest BCUT2D eigenvalue weighted by Crippen LogP contribution is 2.37.